The minimum absolute atomic E-state index is 0.117. The Bertz CT molecular complexity index is 2490. The third-order valence-corrected chi connectivity index (χ3v) is 13.1. The normalized spacial score (nSPS) is 16.2. The highest BCUT2D eigenvalue weighted by Gasteiger charge is 2.41. The molecule has 0 aromatic heterocycles. The quantitative estimate of drug-likeness (QED) is 0.167. The van der Waals surface area contributed by atoms with Crippen LogP contribution in [0.5, 0.6) is 23.0 Å². The summed E-state index contributed by atoms with van der Waals surface area (Å²) in [5, 5.41) is 0. The van der Waals surface area contributed by atoms with Crippen LogP contribution in [0.25, 0.3) is 22.3 Å². The van der Waals surface area contributed by atoms with E-state index in [2.05, 4.69) is 70.5 Å². The molecule has 0 amide bonds. The molecule has 0 atom stereocenters. The third-order valence-electron chi connectivity index (χ3n) is 13.1. The van der Waals surface area contributed by atoms with Gasteiger partial charge in [0.05, 0.1) is 34.1 Å². The van der Waals surface area contributed by atoms with Crippen molar-refractivity contribution in [1.29, 1.82) is 0 Å². The summed E-state index contributed by atoms with van der Waals surface area (Å²) in [5.74, 6) is 2.69. The van der Waals surface area contributed by atoms with Crippen LogP contribution in [-0.2, 0) is 0 Å². The Kier molecular flexibility index (Phi) is 9.36. The average molecular weight is 793 g/mol. The van der Waals surface area contributed by atoms with E-state index in [0.29, 0.717) is 0 Å². The molecule has 11 rings (SSSR count). The maximum absolute atomic E-state index is 16.0. The molecule has 2 aliphatic heterocycles. The van der Waals surface area contributed by atoms with E-state index in [4.69, 9.17) is 9.47 Å². The average Bonchev–Trinajstić information content (AvgIpc) is 3.29. The van der Waals surface area contributed by atoms with Crippen LogP contribution >= 0.6 is 0 Å². The predicted octanol–water partition coefficient (Wildman–Crippen LogP) is 16.5. The minimum Gasteiger partial charge on any atom is -0.453 e. The van der Waals surface area contributed by atoms with Crippen LogP contribution in [-0.4, -0.2) is 0 Å². The summed E-state index contributed by atoms with van der Waals surface area (Å²) in [6.45, 7) is 0. The molecule has 0 unspecified atom stereocenters. The van der Waals surface area contributed by atoms with Gasteiger partial charge >= 0.3 is 0 Å². The van der Waals surface area contributed by atoms with E-state index in [1.165, 1.54) is 24.1 Å². The first kappa shape index (κ1) is 36.7. The van der Waals surface area contributed by atoms with Crippen molar-refractivity contribution in [3.63, 3.8) is 0 Å². The van der Waals surface area contributed by atoms with E-state index in [-0.39, 0.29) is 23.5 Å². The second-order valence-electron chi connectivity index (χ2n) is 16.7. The number of rotatable bonds is 6. The molecule has 0 saturated heterocycles. The molecule has 2 fully saturated rings. The van der Waals surface area contributed by atoms with Crippen molar-refractivity contribution in [3.05, 3.63) is 168 Å². The summed E-state index contributed by atoms with van der Waals surface area (Å²) in [5.41, 5.74) is 11.7. The Morgan fingerprint density at radius 1 is 0.383 bits per heavy atom. The van der Waals surface area contributed by atoms with Crippen molar-refractivity contribution < 1.29 is 18.3 Å². The minimum atomic E-state index is -0.289. The molecule has 7 aromatic carbocycles. The number of ether oxygens (including phenoxy) is 2. The number of nitrogens with zero attached hydrogens (tertiary/aromatic N) is 2. The predicted molar refractivity (Wildman–Crippen MR) is 238 cm³/mol. The number of hydrogen-bond donors (Lipinski definition) is 0. The standard InChI is InChI=1S/C54H46F2N2O2/c55-39-23-15-21-37(33-39)50-49(35-17-3-1-4-18-35)51(38-22-16-24-40(56)34-38)54(58-43-27-9-13-31-47(43)60-48-32-14-10-28-44(48)58)52(36-19-5-2-6-20-36)53(50)57-41-25-7-11-29-45(41)59-46-30-12-8-26-42(46)57/h7-16,21-36H,1-6,17-20H2. The number of anilines is 6. The SMILES string of the molecule is Fc1cccc(-c2c(C3CCCCC3)c(-c3cccc(F)c3)c(N3c4ccccc4Oc4ccccc43)c(C3CCCCC3)c2N2c3ccccc3Oc3ccccc32)c1. The molecule has 4 nitrogen and oxygen atoms in total. The summed E-state index contributed by atoms with van der Waals surface area (Å²) < 4.78 is 45.4. The molecule has 2 aliphatic carbocycles. The topological polar surface area (TPSA) is 24.9 Å². The molecule has 60 heavy (non-hydrogen) atoms. The Labute approximate surface area is 350 Å². The van der Waals surface area contributed by atoms with E-state index in [1.54, 1.807) is 12.1 Å². The van der Waals surface area contributed by atoms with Crippen molar-refractivity contribution in [2.45, 2.75) is 76.0 Å². The largest absolute Gasteiger partial charge is 0.453 e. The third kappa shape index (κ3) is 6.23. The molecular formula is C54H46F2N2O2. The Hall–Kier alpha value is -6.40. The zero-order chi connectivity index (χ0) is 40.2. The van der Waals surface area contributed by atoms with Gasteiger partial charge in [0.1, 0.15) is 11.6 Å². The Balaban J connectivity index is 1.41. The van der Waals surface area contributed by atoms with Crippen LogP contribution in [0.2, 0.25) is 0 Å². The second-order valence-corrected chi connectivity index (χ2v) is 16.7. The lowest BCUT2D eigenvalue weighted by Gasteiger charge is -2.44. The molecule has 0 N–H and O–H groups in total. The Morgan fingerprint density at radius 3 is 1.10 bits per heavy atom. The molecule has 0 bridgehead atoms. The van der Waals surface area contributed by atoms with Crippen LogP contribution in [0, 0.1) is 11.6 Å². The summed E-state index contributed by atoms with van der Waals surface area (Å²) in [6.07, 6.45) is 10.6. The zero-order valence-corrected chi connectivity index (χ0v) is 33.5. The number of fused-ring (bicyclic) bond motifs is 4. The molecule has 2 saturated carbocycles. The van der Waals surface area contributed by atoms with Gasteiger partial charge in [-0.1, -0.05) is 111 Å². The van der Waals surface area contributed by atoms with Gasteiger partial charge in [-0.15, -0.1) is 0 Å². The van der Waals surface area contributed by atoms with Gasteiger partial charge in [-0.25, -0.2) is 8.78 Å². The van der Waals surface area contributed by atoms with Gasteiger partial charge in [-0.3, -0.25) is 0 Å². The van der Waals surface area contributed by atoms with Gasteiger partial charge < -0.3 is 19.3 Å². The summed E-state index contributed by atoms with van der Waals surface area (Å²) in [6, 6.07) is 47.4. The maximum Gasteiger partial charge on any atom is 0.151 e. The number of para-hydroxylation sites is 8. The highest BCUT2D eigenvalue weighted by molar-refractivity contribution is 6.07. The molecule has 0 spiro atoms. The smallest absolute Gasteiger partial charge is 0.151 e. The number of halogens is 2. The van der Waals surface area contributed by atoms with E-state index in [1.807, 2.05) is 60.7 Å². The fourth-order valence-corrected chi connectivity index (χ4v) is 10.6. The van der Waals surface area contributed by atoms with Crippen LogP contribution in [0.15, 0.2) is 146 Å². The summed E-state index contributed by atoms with van der Waals surface area (Å²) in [4.78, 5) is 4.84. The summed E-state index contributed by atoms with van der Waals surface area (Å²) >= 11 is 0. The highest BCUT2D eigenvalue weighted by atomic mass is 19.1. The van der Waals surface area contributed by atoms with E-state index in [0.717, 1.165) is 143 Å². The van der Waals surface area contributed by atoms with Gasteiger partial charge in [0.2, 0.25) is 0 Å². The van der Waals surface area contributed by atoms with Crippen LogP contribution < -0.4 is 19.3 Å². The van der Waals surface area contributed by atoms with Crippen LogP contribution in [0.3, 0.4) is 0 Å². The highest BCUT2D eigenvalue weighted by Crippen LogP contribution is 2.64. The first-order chi connectivity index (χ1) is 29.6. The van der Waals surface area contributed by atoms with E-state index in [9.17, 15) is 0 Å². The lowest BCUT2D eigenvalue weighted by molar-refractivity contribution is 0.440. The molecule has 298 valence electrons. The fourth-order valence-electron chi connectivity index (χ4n) is 10.6. The maximum atomic E-state index is 16.0. The molecule has 6 heteroatoms. The number of hydrogen-bond acceptors (Lipinski definition) is 4. The first-order valence-corrected chi connectivity index (χ1v) is 21.7. The van der Waals surface area contributed by atoms with Gasteiger partial charge in [-0.05, 0) is 127 Å². The van der Waals surface area contributed by atoms with Gasteiger partial charge in [0.25, 0.3) is 0 Å². The van der Waals surface area contributed by atoms with Crippen molar-refractivity contribution in [3.8, 4) is 45.3 Å². The fraction of sp³-hybridized carbons (Fsp3) is 0.222. The van der Waals surface area contributed by atoms with Crippen molar-refractivity contribution in [1.82, 2.24) is 0 Å². The van der Waals surface area contributed by atoms with E-state index < -0.39 is 0 Å². The van der Waals surface area contributed by atoms with Gasteiger partial charge in [0, 0.05) is 16.7 Å². The van der Waals surface area contributed by atoms with Crippen molar-refractivity contribution in [2.24, 2.45) is 0 Å². The molecule has 0 radical (unpaired) electrons. The van der Waals surface area contributed by atoms with Crippen LogP contribution in [0.4, 0.5) is 42.9 Å². The van der Waals surface area contributed by atoms with Crippen molar-refractivity contribution in [2.75, 3.05) is 9.80 Å². The monoisotopic (exact) mass is 792 g/mol. The molecule has 4 aliphatic rings. The van der Waals surface area contributed by atoms with Crippen LogP contribution in [0.1, 0.15) is 87.2 Å². The zero-order valence-electron chi connectivity index (χ0n) is 33.5. The lowest BCUT2D eigenvalue weighted by Crippen LogP contribution is -2.26. The lowest BCUT2D eigenvalue weighted by atomic mass is 9.71. The Morgan fingerprint density at radius 2 is 0.733 bits per heavy atom. The molecule has 2 heterocycles. The molecule has 7 aromatic rings. The first-order valence-electron chi connectivity index (χ1n) is 21.7. The van der Waals surface area contributed by atoms with Gasteiger partial charge in [0.15, 0.2) is 23.0 Å². The number of benzene rings is 7. The van der Waals surface area contributed by atoms with Gasteiger partial charge in [-0.2, -0.15) is 0 Å². The van der Waals surface area contributed by atoms with Crippen molar-refractivity contribution >= 4 is 34.1 Å². The molecular weight excluding hydrogens is 747 g/mol. The van der Waals surface area contributed by atoms with E-state index >= 15 is 8.78 Å². The second kappa shape index (κ2) is 15.3. The summed E-state index contributed by atoms with van der Waals surface area (Å²) in [7, 11) is 0.